The highest BCUT2D eigenvalue weighted by Gasteiger charge is 2.46. The van der Waals surface area contributed by atoms with Crippen molar-refractivity contribution in [2.24, 2.45) is 0 Å². The molecule has 3 amide bonds. The lowest BCUT2D eigenvalue weighted by atomic mass is 9.99. The van der Waals surface area contributed by atoms with Gasteiger partial charge in [-0.05, 0) is 13.8 Å². The standard InChI is InChI=1S/C6H10N2OS.C4H9NO.C3H8.2C2H6/c1-6-3-10-2-4(6)7-5(9)8-6;1-3-5-4(2)6;1-3-2;2*1-2/h4H,2-3H2,1H3,(H2,7,8,9);3H2,1-2H3,(H,5,6);3H2,1-2H3;2*1-2H3/t4-,6+;;;;/m1..../s1. The van der Waals surface area contributed by atoms with E-state index in [1.165, 1.54) is 13.3 Å². The Hall–Kier alpha value is -0.910. The molecule has 2 aliphatic rings. The SMILES string of the molecule is CC.CC.CCC.CCNC(C)=O.C[C@]12CSC[C@H]1NC(=O)N2. The van der Waals surface area contributed by atoms with Crippen LogP contribution in [0.5, 0.6) is 0 Å². The van der Waals surface area contributed by atoms with E-state index in [4.69, 9.17) is 0 Å². The molecule has 0 aromatic heterocycles. The number of amides is 3. The van der Waals surface area contributed by atoms with Crippen molar-refractivity contribution in [2.75, 3.05) is 18.1 Å². The third-order valence-electron chi connectivity index (χ3n) is 2.59. The lowest BCUT2D eigenvalue weighted by Crippen LogP contribution is -2.45. The Morgan fingerprint density at radius 2 is 1.74 bits per heavy atom. The van der Waals surface area contributed by atoms with Gasteiger partial charge in [-0.25, -0.2) is 4.79 Å². The highest BCUT2D eigenvalue weighted by atomic mass is 32.2. The van der Waals surface area contributed by atoms with E-state index in [1.807, 2.05) is 46.4 Å². The Morgan fingerprint density at radius 1 is 1.26 bits per heavy atom. The van der Waals surface area contributed by atoms with Crippen LogP contribution in [0.1, 0.15) is 68.7 Å². The molecule has 2 heterocycles. The second-order valence-electron chi connectivity index (χ2n) is 4.88. The summed E-state index contributed by atoms with van der Waals surface area (Å²) in [4.78, 5) is 20.8. The van der Waals surface area contributed by atoms with Gasteiger partial charge in [-0.2, -0.15) is 11.8 Å². The van der Waals surface area contributed by atoms with E-state index in [0.29, 0.717) is 6.04 Å². The van der Waals surface area contributed by atoms with Gasteiger partial charge in [0, 0.05) is 25.0 Å². The van der Waals surface area contributed by atoms with Crippen molar-refractivity contribution in [3.63, 3.8) is 0 Å². The van der Waals surface area contributed by atoms with Crippen LogP contribution in [-0.4, -0.2) is 41.6 Å². The highest BCUT2D eigenvalue weighted by Crippen LogP contribution is 2.30. The highest BCUT2D eigenvalue weighted by molar-refractivity contribution is 7.99. The van der Waals surface area contributed by atoms with Gasteiger partial charge in [0.05, 0.1) is 11.6 Å². The second-order valence-corrected chi connectivity index (χ2v) is 5.91. The van der Waals surface area contributed by atoms with Crippen molar-refractivity contribution < 1.29 is 9.59 Å². The fraction of sp³-hybridized carbons (Fsp3) is 0.882. The number of hydrogen-bond acceptors (Lipinski definition) is 3. The van der Waals surface area contributed by atoms with E-state index in [2.05, 4.69) is 36.7 Å². The number of nitrogens with one attached hydrogen (secondary N) is 3. The van der Waals surface area contributed by atoms with Crippen molar-refractivity contribution in [1.82, 2.24) is 16.0 Å². The summed E-state index contributed by atoms with van der Waals surface area (Å²) in [7, 11) is 0. The third-order valence-corrected chi connectivity index (χ3v) is 3.96. The Balaban J connectivity index is -0.000000267. The van der Waals surface area contributed by atoms with E-state index < -0.39 is 0 Å². The maximum Gasteiger partial charge on any atom is 0.315 e. The zero-order valence-electron chi connectivity index (χ0n) is 16.6. The largest absolute Gasteiger partial charge is 0.357 e. The van der Waals surface area contributed by atoms with Gasteiger partial charge >= 0.3 is 6.03 Å². The molecule has 6 heteroatoms. The molecule has 5 nitrogen and oxygen atoms in total. The van der Waals surface area contributed by atoms with E-state index in [-0.39, 0.29) is 17.5 Å². The minimum Gasteiger partial charge on any atom is -0.357 e. The molecule has 2 fully saturated rings. The van der Waals surface area contributed by atoms with Crippen LogP contribution in [0.25, 0.3) is 0 Å². The predicted octanol–water partition coefficient (Wildman–Crippen LogP) is 3.78. The fourth-order valence-electron chi connectivity index (χ4n) is 1.70. The van der Waals surface area contributed by atoms with Crippen molar-refractivity contribution in [2.45, 2.75) is 80.3 Å². The quantitative estimate of drug-likeness (QED) is 0.631. The molecule has 0 radical (unpaired) electrons. The number of thioether (sulfide) groups is 1. The minimum atomic E-state index is -0.00667. The summed E-state index contributed by atoms with van der Waals surface area (Å²) in [5, 5.41) is 8.38. The van der Waals surface area contributed by atoms with Crippen LogP contribution in [0, 0.1) is 0 Å². The van der Waals surface area contributed by atoms with Crippen molar-refractivity contribution in [3.8, 4) is 0 Å². The molecular formula is C17H39N3O2S. The van der Waals surface area contributed by atoms with Gasteiger partial charge in [0.25, 0.3) is 0 Å². The van der Waals surface area contributed by atoms with Crippen LogP contribution in [0.4, 0.5) is 4.79 Å². The topological polar surface area (TPSA) is 70.2 Å². The van der Waals surface area contributed by atoms with E-state index in [9.17, 15) is 9.59 Å². The molecule has 3 N–H and O–H groups in total. The summed E-state index contributed by atoms with van der Waals surface area (Å²) in [5.41, 5.74) is 0.0295. The van der Waals surface area contributed by atoms with Gasteiger partial charge in [0.15, 0.2) is 0 Å². The average molecular weight is 350 g/mol. The van der Waals surface area contributed by atoms with Crippen LogP contribution in [0.2, 0.25) is 0 Å². The molecule has 140 valence electrons. The first-order valence-electron chi connectivity index (χ1n) is 8.80. The van der Waals surface area contributed by atoms with Crippen molar-refractivity contribution in [1.29, 1.82) is 0 Å². The third kappa shape index (κ3) is 13.2. The van der Waals surface area contributed by atoms with Gasteiger partial charge in [0.2, 0.25) is 5.91 Å². The maximum absolute atomic E-state index is 10.8. The Kier molecular flexibility index (Phi) is 20.4. The lowest BCUT2D eigenvalue weighted by molar-refractivity contribution is -0.118. The summed E-state index contributed by atoms with van der Waals surface area (Å²) in [6.45, 7) is 18.5. The van der Waals surface area contributed by atoms with Crippen LogP contribution >= 0.6 is 11.8 Å². The summed E-state index contributed by atoms with van der Waals surface area (Å²) >= 11 is 1.89. The molecule has 0 spiro atoms. The molecule has 0 saturated carbocycles. The fourth-order valence-corrected chi connectivity index (χ4v) is 3.20. The van der Waals surface area contributed by atoms with Gasteiger partial charge in [0.1, 0.15) is 0 Å². The van der Waals surface area contributed by atoms with Gasteiger partial charge in [-0.15, -0.1) is 0 Å². The first-order chi connectivity index (χ1) is 10.9. The summed E-state index contributed by atoms with van der Waals surface area (Å²) in [6.07, 6.45) is 1.25. The normalized spacial score (nSPS) is 22.7. The molecule has 0 aliphatic carbocycles. The minimum absolute atomic E-state index is 0.00667. The lowest BCUT2D eigenvalue weighted by Gasteiger charge is -2.20. The van der Waals surface area contributed by atoms with Crippen LogP contribution < -0.4 is 16.0 Å². The van der Waals surface area contributed by atoms with E-state index in [1.54, 1.807) is 0 Å². The zero-order chi connectivity index (χ0) is 18.9. The Labute approximate surface area is 148 Å². The molecule has 0 unspecified atom stereocenters. The molecule has 0 bridgehead atoms. The molecule has 0 aromatic rings. The van der Waals surface area contributed by atoms with Crippen LogP contribution in [0.3, 0.4) is 0 Å². The monoisotopic (exact) mass is 349 g/mol. The molecule has 0 aromatic carbocycles. The molecular weight excluding hydrogens is 310 g/mol. The number of carbonyl (C=O) groups excluding carboxylic acids is 2. The van der Waals surface area contributed by atoms with Crippen LogP contribution in [0.15, 0.2) is 0 Å². The number of fused-ring (bicyclic) bond motifs is 1. The van der Waals surface area contributed by atoms with Gasteiger partial charge < -0.3 is 16.0 Å². The maximum atomic E-state index is 10.8. The smallest absolute Gasteiger partial charge is 0.315 e. The average Bonchev–Trinajstić information content (AvgIpc) is 2.98. The zero-order valence-corrected chi connectivity index (χ0v) is 17.4. The van der Waals surface area contributed by atoms with E-state index >= 15 is 0 Å². The number of carbonyl (C=O) groups is 2. The molecule has 2 atom stereocenters. The molecule has 23 heavy (non-hydrogen) atoms. The van der Waals surface area contributed by atoms with Crippen molar-refractivity contribution in [3.05, 3.63) is 0 Å². The molecule has 2 saturated heterocycles. The van der Waals surface area contributed by atoms with Gasteiger partial charge in [-0.1, -0.05) is 48.0 Å². The second kappa shape index (κ2) is 17.4. The number of hydrogen-bond donors (Lipinski definition) is 3. The summed E-state index contributed by atoms with van der Waals surface area (Å²) in [6, 6.07) is 0.345. The van der Waals surface area contributed by atoms with Crippen molar-refractivity contribution >= 4 is 23.7 Å². The first-order valence-corrected chi connectivity index (χ1v) is 9.95. The van der Waals surface area contributed by atoms with Crippen LogP contribution in [-0.2, 0) is 4.79 Å². The number of rotatable bonds is 1. The first kappa shape index (κ1) is 27.0. The summed E-state index contributed by atoms with van der Waals surface area (Å²) in [5.74, 6) is 2.13. The molecule has 2 aliphatic heterocycles. The molecule has 2 rings (SSSR count). The van der Waals surface area contributed by atoms with Gasteiger partial charge in [-0.3, -0.25) is 4.79 Å². The van der Waals surface area contributed by atoms with E-state index in [0.717, 1.165) is 18.1 Å². The predicted molar refractivity (Wildman–Crippen MR) is 104 cm³/mol. The Bertz CT molecular complexity index is 302. The Morgan fingerprint density at radius 3 is 2.04 bits per heavy atom. The number of urea groups is 1. The summed E-state index contributed by atoms with van der Waals surface area (Å²) < 4.78 is 0.